The van der Waals surface area contributed by atoms with E-state index in [1.807, 2.05) is 35.1 Å². The summed E-state index contributed by atoms with van der Waals surface area (Å²) < 4.78 is 1.94. The zero-order chi connectivity index (χ0) is 13.5. The highest BCUT2D eigenvalue weighted by atomic mass is 16.3. The molecule has 3 rings (SSSR count). The largest absolute Gasteiger partial charge is 0.385 e. The number of hydrogen-bond donors (Lipinski definition) is 1. The quantitative estimate of drug-likeness (QED) is 0.917. The van der Waals surface area contributed by atoms with Gasteiger partial charge >= 0.3 is 0 Å². The third kappa shape index (κ3) is 2.19. The van der Waals surface area contributed by atoms with Crippen LogP contribution < -0.4 is 0 Å². The summed E-state index contributed by atoms with van der Waals surface area (Å²) in [5.41, 5.74) is 2.57. The monoisotopic (exact) mass is 256 g/mol. The number of nitrogens with zero attached hydrogens (tertiary/aromatic N) is 2. The lowest BCUT2D eigenvalue weighted by atomic mass is 9.91. The Bertz CT molecular complexity index is 588. The minimum Gasteiger partial charge on any atom is -0.385 e. The van der Waals surface area contributed by atoms with Gasteiger partial charge in [0.05, 0.1) is 11.3 Å². The van der Waals surface area contributed by atoms with Crippen molar-refractivity contribution in [3.8, 4) is 0 Å². The van der Waals surface area contributed by atoms with Gasteiger partial charge in [0.2, 0.25) is 0 Å². The van der Waals surface area contributed by atoms with Crippen LogP contribution in [0.5, 0.6) is 0 Å². The third-order valence-electron chi connectivity index (χ3n) is 3.99. The normalized spacial score (nSPS) is 21.9. The van der Waals surface area contributed by atoms with Gasteiger partial charge in [0.15, 0.2) is 0 Å². The van der Waals surface area contributed by atoms with E-state index in [1.165, 1.54) is 5.56 Å². The highest BCUT2D eigenvalue weighted by Gasteiger charge is 2.36. The molecule has 0 radical (unpaired) electrons. The second-order valence-electron chi connectivity index (χ2n) is 5.75. The van der Waals surface area contributed by atoms with Crippen molar-refractivity contribution in [2.24, 2.45) is 0 Å². The summed E-state index contributed by atoms with van der Waals surface area (Å²) in [6, 6.07) is 10.6. The zero-order valence-corrected chi connectivity index (χ0v) is 11.5. The van der Waals surface area contributed by atoms with Gasteiger partial charge in [-0.05, 0) is 43.9 Å². The van der Waals surface area contributed by atoms with Gasteiger partial charge < -0.3 is 5.11 Å². The fourth-order valence-corrected chi connectivity index (χ4v) is 2.91. The Balaban J connectivity index is 1.87. The lowest BCUT2D eigenvalue weighted by molar-refractivity contribution is 0.0378. The zero-order valence-electron chi connectivity index (χ0n) is 11.5. The Labute approximate surface area is 113 Å². The second kappa shape index (κ2) is 4.49. The first-order valence-corrected chi connectivity index (χ1v) is 6.93. The van der Waals surface area contributed by atoms with Crippen molar-refractivity contribution in [1.29, 1.82) is 0 Å². The van der Waals surface area contributed by atoms with Crippen molar-refractivity contribution in [3.05, 3.63) is 53.3 Å². The lowest BCUT2D eigenvalue weighted by Crippen LogP contribution is -2.25. The van der Waals surface area contributed by atoms with E-state index in [2.05, 4.69) is 25.0 Å². The molecule has 0 saturated carbocycles. The predicted octanol–water partition coefficient (Wildman–Crippen LogP) is 2.84. The topological polar surface area (TPSA) is 38.0 Å². The van der Waals surface area contributed by atoms with Crippen molar-refractivity contribution < 1.29 is 5.11 Å². The molecule has 3 nitrogen and oxygen atoms in total. The summed E-state index contributed by atoms with van der Waals surface area (Å²) in [5, 5.41) is 15.4. The Kier molecular flexibility index (Phi) is 2.94. The molecule has 19 heavy (non-hydrogen) atoms. The van der Waals surface area contributed by atoms with E-state index >= 15 is 0 Å². The van der Waals surface area contributed by atoms with Crippen LogP contribution in [-0.2, 0) is 18.4 Å². The van der Waals surface area contributed by atoms with E-state index in [0.29, 0.717) is 12.5 Å². The first-order chi connectivity index (χ1) is 9.08. The summed E-state index contributed by atoms with van der Waals surface area (Å²) >= 11 is 0. The maximum Gasteiger partial charge on any atom is 0.0958 e. The minimum absolute atomic E-state index is 0.360. The molecule has 0 saturated heterocycles. The molecule has 0 amide bonds. The molecule has 1 atom stereocenters. The number of aliphatic hydroxyl groups is 1. The molecule has 1 heterocycles. The van der Waals surface area contributed by atoms with Gasteiger partial charge in [-0.1, -0.05) is 24.3 Å². The van der Waals surface area contributed by atoms with Crippen molar-refractivity contribution in [1.82, 2.24) is 9.78 Å². The van der Waals surface area contributed by atoms with Crippen LogP contribution in [0, 0.1) is 0 Å². The van der Waals surface area contributed by atoms with Crippen LogP contribution in [0.1, 0.15) is 43.1 Å². The molecular formula is C16H20N2O. The molecule has 1 N–H and O–H groups in total. The summed E-state index contributed by atoms with van der Waals surface area (Å²) in [6.07, 6.45) is 4.34. The first-order valence-electron chi connectivity index (χ1n) is 6.93. The van der Waals surface area contributed by atoms with Crippen molar-refractivity contribution >= 4 is 0 Å². The van der Waals surface area contributed by atoms with E-state index < -0.39 is 5.60 Å². The van der Waals surface area contributed by atoms with Gasteiger partial charge in [0.1, 0.15) is 0 Å². The van der Waals surface area contributed by atoms with E-state index in [0.717, 1.165) is 24.1 Å². The minimum atomic E-state index is -0.743. The van der Waals surface area contributed by atoms with Gasteiger partial charge in [0.25, 0.3) is 0 Å². The lowest BCUT2D eigenvalue weighted by Gasteiger charge is -2.23. The maximum absolute atomic E-state index is 10.9. The predicted molar refractivity (Wildman–Crippen MR) is 75.0 cm³/mol. The average Bonchev–Trinajstić information content (AvgIpc) is 2.97. The van der Waals surface area contributed by atoms with Crippen LogP contribution in [0.2, 0.25) is 0 Å². The van der Waals surface area contributed by atoms with Crippen molar-refractivity contribution in [2.75, 3.05) is 0 Å². The van der Waals surface area contributed by atoms with Crippen molar-refractivity contribution in [2.45, 2.75) is 44.8 Å². The molecule has 1 aliphatic rings. The number of aromatic nitrogens is 2. The molecule has 3 heteroatoms. The van der Waals surface area contributed by atoms with Crippen LogP contribution >= 0.6 is 0 Å². The van der Waals surface area contributed by atoms with Crippen LogP contribution in [0.4, 0.5) is 0 Å². The SMILES string of the molecule is CC(C)n1ccc(CC2(O)CCc3ccccc32)n1. The van der Waals surface area contributed by atoms with Crippen LogP contribution in [0.3, 0.4) is 0 Å². The molecule has 100 valence electrons. The van der Waals surface area contributed by atoms with Gasteiger partial charge in [-0.2, -0.15) is 5.10 Å². The van der Waals surface area contributed by atoms with Gasteiger partial charge in [0, 0.05) is 18.7 Å². The van der Waals surface area contributed by atoms with Gasteiger partial charge in [-0.3, -0.25) is 4.68 Å². The fourth-order valence-electron chi connectivity index (χ4n) is 2.91. The Morgan fingerprint density at radius 1 is 1.32 bits per heavy atom. The molecule has 2 aromatic rings. The van der Waals surface area contributed by atoms with E-state index in [9.17, 15) is 5.11 Å². The molecule has 0 fully saturated rings. The van der Waals surface area contributed by atoms with Gasteiger partial charge in [-0.25, -0.2) is 0 Å². The van der Waals surface area contributed by atoms with E-state index in [-0.39, 0.29) is 0 Å². The molecule has 1 aromatic heterocycles. The van der Waals surface area contributed by atoms with Crippen LogP contribution in [0.15, 0.2) is 36.5 Å². The fraction of sp³-hybridized carbons (Fsp3) is 0.438. The average molecular weight is 256 g/mol. The van der Waals surface area contributed by atoms with Gasteiger partial charge in [-0.15, -0.1) is 0 Å². The summed E-state index contributed by atoms with van der Waals surface area (Å²) in [7, 11) is 0. The molecular weight excluding hydrogens is 236 g/mol. The first kappa shape index (κ1) is 12.4. The highest BCUT2D eigenvalue weighted by Crippen LogP contribution is 2.38. The molecule has 0 spiro atoms. The Hall–Kier alpha value is -1.61. The Morgan fingerprint density at radius 2 is 2.11 bits per heavy atom. The summed E-state index contributed by atoms with van der Waals surface area (Å²) in [6.45, 7) is 4.22. The number of hydrogen-bond acceptors (Lipinski definition) is 2. The number of aryl methyl sites for hydroxylation is 1. The number of fused-ring (bicyclic) bond motifs is 1. The smallest absolute Gasteiger partial charge is 0.0958 e. The van der Waals surface area contributed by atoms with Crippen molar-refractivity contribution in [3.63, 3.8) is 0 Å². The Morgan fingerprint density at radius 3 is 2.84 bits per heavy atom. The standard InChI is InChI=1S/C16H20N2O/c1-12(2)18-10-8-14(17-18)11-16(19)9-7-13-5-3-4-6-15(13)16/h3-6,8,10,12,19H,7,9,11H2,1-2H3. The summed E-state index contributed by atoms with van der Waals surface area (Å²) in [4.78, 5) is 0. The molecule has 1 aromatic carbocycles. The molecule has 1 unspecified atom stereocenters. The second-order valence-corrected chi connectivity index (χ2v) is 5.75. The van der Waals surface area contributed by atoms with Crippen LogP contribution in [0.25, 0.3) is 0 Å². The van der Waals surface area contributed by atoms with E-state index in [1.54, 1.807) is 0 Å². The summed E-state index contributed by atoms with van der Waals surface area (Å²) in [5.74, 6) is 0. The third-order valence-corrected chi connectivity index (χ3v) is 3.99. The number of rotatable bonds is 3. The molecule has 0 aliphatic heterocycles. The highest BCUT2D eigenvalue weighted by molar-refractivity contribution is 5.38. The molecule has 0 bridgehead atoms. The van der Waals surface area contributed by atoms with Crippen LogP contribution in [-0.4, -0.2) is 14.9 Å². The van der Waals surface area contributed by atoms with E-state index in [4.69, 9.17) is 0 Å². The molecule has 1 aliphatic carbocycles. The number of benzene rings is 1. The maximum atomic E-state index is 10.9.